The van der Waals surface area contributed by atoms with Crippen molar-refractivity contribution in [1.29, 1.82) is 0 Å². The molecule has 0 saturated carbocycles. The molecule has 0 spiro atoms. The van der Waals surface area contributed by atoms with Crippen LogP contribution in [0, 0.1) is 13.8 Å². The number of nitrogens with one attached hydrogen (secondary N) is 3. The van der Waals surface area contributed by atoms with E-state index in [1.807, 2.05) is 42.6 Å². The third kappa shape index (κ3) is 4.27. The molecule has 0 radical (unpaired) electrons. The third-order valence-electron chi connectivity index (χ3n) is 5.61. The Hall–Kier alpha value is -3.69. The molecule has 170 valence electrons. The van der Waals surface area contributed by atoms with Gasteiger partial charge < -0.3 is 4.98 Å². The zero-order valence-corrected chi connectivity index (χ0v) is 20.1. The Bertz CT molecular complexity index is 1540. The van der Waals surface area contributed by atoms with E-state index < -0.39 is 0 Å². The highest BCUT2D eigenvalue weighted by Crippen LogP contribution is 2.38. The van der Waals surface area contributed by atoms with E-state index in [1.165, 1.54) is 16.6 Å². The first-order valence-corrected chi connectivity index (χ1v) is 12.3. The van der Waals surface area contributed by atoms with E-state index in [-0.39, 0.29) is 18.2 Å². The highest BCUT2D eigenvalue weighted by Gasteiger charge is 2.17. The predicted octanol–water partition coefficient (Wildman–Crippen LogP) is 4.94. The Morgan fingerprint density at radius 1 is 1.03 bits per heavy atom. The molecule has 0 aliphatic rings. The van der Waals surface area contributed by atoms with Gasteiger partial charge in [-0.2, -0.15) is 0 Å². The zero-order valence-electron chi connectivity index (χ0n) is 18.5. The molecule has 3 N–H and O–H groups in total. The minimum absolute atomic E-state index is 0.149. The number of hydrogen-bond acceptors (Lipinski definition) is 6. The van der Waals surface area contributed by atoms with Gasteiger partial charge in [-0.25, -0.2) is 9.97 Å². The standard InChI is InChI=1S/C25H21N5O2S2/c1-14-15(2)33-24-22(14)25(28-13-27-24)34-20-10-6-4-8-18(20)23(32)30-29-21(31)11-16-12-26-19-9-5-3-7-17(16)19/h3-10,12-13,26H,11H2,1-2H3,(H,29,31)(H,30,32). The van der Waals surface area contributed by atoms with Crippen LogP contribution in [-0.4, -0.2) is 26.8 Å². The van der Waals surface area contributed by atoms with Crippen LogP contribution < -0.4 is 10.9 Å². The van der Waals surface area contributed by atoms with Crippen molar-refractivity contribution in [3.63, 3.8) is 0 Å². The topological polar surface area (TPSA) is 99.8 Å². The van der Waals surface area contributed by atoms with E-state index in [2.05, 4.69) is 39.7 Å². The number of rotatable bonds is 5. The number of hydrazine groups is 1. The van der Waals surface area contributed by atoms with Gasteiger partial charge in [0.15, 0.2) is 0 Å². The lowest BCUT2D eigenvalue weighted by Gasteiger charge is -2.11. The van der Waals surface area contributed by atoms with Crippen molar-refractivity contribution in [2.24, 2.45) is 0 Å². The summed E-state index contributed by atoms with van der Waals surface area (Å²) in [7, 11) is 0. The van der Waals surface area contributed by atoms with Gasteiger partial charge in [-0.15, -0.1) is 11.3 Å². The van der Waals surface area contributed by atoms with Gasteiger partial charge in [0.05, 0.1) is 12.0 Å². The first-order chi connectivity index (χ1) is 16.5. The lowest BCUT2D eigenvalue weighted by Crippen LogP contribution is -2.42. The van der Waals surface area contributed by atoms with Crippen molar-refractivity contribution < 1.29 is 9.59 Å². The van der Waals surface area contributed by atoms with Crippen LogP contribution in [-0.2, 0) is 11.2 Å². The first kappa shape index (κ1) is 22.1. The quantitative estimate of drug-likeness (QED) is 0.241. The monoisotopic (exact) mass is 487 g/mol. The molecule has 9 heteroatoms. The van der Waals surface area contributed by atoms with Gasteiger partial charge in [0.1, 0.15) is 16.2 Å². The van der Waals surface area contributed by atoms with Crippen LogP contribution in [0.1, 0.15) is 26.4 Å². The van der Waals surface area contributed by atoms with Crippen LogP contribution in [0.5, 0.6) is 0 Å². The molecule has 0 unspecified atom stereocenters. The average Bonchev–Trinajstić information content (AvgIpc) is 3.38. The summed E-state index contributed by atoms with van der Waals surface area (Å²) in [5.41, 5.74) is 8.52. The number of amides is 2. The maximum Gasteiger partial charge on any atom is 0.270 e. The molecular formula is C25H21N5O2S2. The Morgan fingerprint density at radius 2 is 1.82 bits per heavy atom. The lowest BCUT2D eigenvalue weighted by atomic mass is 10.1. The summed E-state index contributed by atoms with van der Waals surface area (Å²) in [6.45, 7) is 4.12. The van der Waals surface area contributed by atoms with E-state index >= 15 is 0 Å². The fourth-order valence-electron chi connectivity index (χ4n) is 3.76. The molecular weight excluding hydrogens is 466 g/mol. The molecule has 3 aromatic heterocycles. The molecule has 0 aliphatic carbocycles. The van der Waals surface area contributed by atoms with E-state index in [1.54, 1.807) is 29.8 Å². The van der Waals surface area contributed by atoms with Crippen molar-refractivity contribution in [1.82, 2.24) is 25.8 Å². The molecule has 5 rings (SSSR count). The second kappa shape index (κ2) is 9.28. The molecule has 0 atom stereocenters. The summed E-state index contributed by atoms with van der Waals surface area (Å²) in [5.74, 6) is -0.691. The average molecular weight is 488 g/mol. The molecule has 0 bridgehead atoms. The van der Waals surface area contributed by atoms with Crippen molar-refractivity contribution in [2.45, 2.75) is 30.2 Å². The van der Waals surface area contributed by atoms with Gasteiger partial charge in [0, 0.05) is 32.3 Å². The number of hydrogen-bond donors (Lipinski definition) is 3. The number of aryl methyl sites for hydroxylation is 2. The minimum atomic E-state index is -0.390. The van der Waals surface area contributed by atoms with Crippen molar-refractivity contribution in [3.8, 4) is 0 Å². The number of aromatic amines is 1. The van der Waals surface area contributed by atoms with Crippen LogP contribution in [0.25, 0.3) is 21.1 Å². The number of H-pyrrole nitrogens is 1. The maximum atomic E-state index is 12.9. The number of carbonyl (C=O) groups is 2. The second-order valence-corrected chi connectivity index (χ2v) is 10.0. The molecule has 7 nitrogen and oxygen atoms in total. The Balaban J connectivity index is 1.30. The normalized spacial score (nSPS) is 11.1. The number of nitrogens with zero attached hydrogens (tertiary/aromatic N) is 2. The fourth-order valence-corrected chi connectivity index (χ4v) is 5.90. The van der Waals surface area contributed by atoms with Gasteiger partial charge in [-0.3, -0.25) is 20.4 Å². The number of para-hydroxylation sites is 1. The summed E-state index contributed by atoms with van der Waals surface area (Å²) in [4.78, 5) is 40.3. The fraction of sp³-hybridized carbons (Fsp3) is 0.120. The third-order valence-corrected chi connectivity index (χ3v) is 7.80. The first-order valence-electron chi connectivity index (χ1n) is 10.6. The van der Waals surface area contributed by atoms with Gasteiger partial charge >= 0.3 is 0 Å². The zero-order chi connectivity index (χ0) is 23.7. The molecule has 34 heavy (non-hydrogen) atoms. The van der Waals surface area contributed by atoms with E-state index in [4.69, 9.17) is 0 Å². The predicted molar refractivity (Wildman–Crippen MR) is 135 cm³/mol. The Morgan fingerprint density at radius 3 is 2.71 bits per heavy atom. The van der Waals surface area contributed by atoms with E-state index in [0.29, 0.717) is 5.56 Å². The largest absolute Gasteiger partial charge is 0.361 e. The molecule has 2 amide bonds. The van der Waals surface area contributed by atoms with Gasteiger partial charge in [-0.05, 0) is 43.2 Å². The van der Waals surface area contributed by atoms with Gasteiger partial charge in [-0.1, -0.05) is 42.1 Å². The molecule has 0 aliphatic heterocycles. The van der Waals surface area contributed by atoms with Crippen molar-refractivity contribution in [3.05, 3.63) is 82.6 Å². The summed E-state index contributed by atoms with van der Waals surface area (Å²) in [6, 6.07) is 15.0. The van der Waals surface area contributed by atoms with Gasteiger partial charge in [0.2, 0.25) is 5.91 Å². The summed E-state index contributed by atoms with van der Waals surface area (Å²) in [6.07, 6.45) is 3.51. The van der Waals surface area contributed by atoms with Crippen LogP contribution in [0.4, 0.5) is 0 Å². The molecule has 3 heterocycles. The summed E-state index contributed by atoms with van der Waals surface area (Å²) in [5, 5.41) is 2.80. The van der Waals surface area contributed by atoms with Crippen LogP contribution in [0.15, 0.2) is 71.0 Å². The summed E-state index contributed by atoms with van der Waals surface area (Å²) < 4.78 is 0. The SMILES string of the molecule is Cc1sc2ncnc(Sc3ccccc3C(=O)NNC(=O)Cc3c[nH]c4ccccc34)c2c1C. The molecule has 0 saturated heterocycles. The molecule has 0 fully saturated rings. The van der Waals surface area contributed by atoms with Crippen molar-refractivity contribution in [2.75, 3.05) is 0 Å². The second-order valence-electron chi connectivity index (χ2n) is 7.78. The van der Waals surface area contributed by atoms with E-state index in [9.17, 15) is 9.59 Å². The number of carbonyl (C=O) groups excluding carboxylic acids is 2. The van der Waals surface area contributed by atoms with Crippen LogP contribution in [0.2, 0.25) is 0 Å². The smallest absolute Gasteiger partial charge is 0.270 e. The van der Waals surface area contributed by atoms with Gasteiger partial charge in [0.25, 0.3) is 5.91 Å². The number of fused-ring (bicyclic) bond motifs is 2. The van der Waals surface area contributed by atoms with Crippen molar-refractivity contribution >= 4 is 56.0 Å². The van der Waals surface area contributed by atoms with Crippen LogP contribution >= 0.6 is 23.1 Å². The maximum absolute atomic E-state index is 12.9. The highest BCUT2D eigenvalue weighted by atomic mass is 32.2. The summed E-state index contributed by atoms with van der Waals surface area (Å²) >= 11 is 3.05. The van der Waals surface area contributed by atoms with Crippen LogP contribution in [0.3, 0.4) is 0 Å². The lowest BCUT2D eigenvalue weighted by molar-refractivity contribution is -0.121. The molecule has 5 aromatic rings. The Labute approximate surface area is 204 Å². The number of benzene rings is 2. The van der Waals surface area contributed by atoms with E-state index in [0.717, 1.165) is 42.2 Å². The Kier molecular flexibility index (Phi) is 6.04. The number of thiophene rings is 1. The highest BCUT2D eigenvalue weighted by molar-refractivity contribution is 7.99. The number of aromatic nitrogens is 3. The molecule has 2 aromatic carbocycles. The minimum Gasteiger partial charge on any atom is -0.361 e.